The van der Waals surface area contributed by atoms with Gasteiger partial charge >= 0.3 is 40.0 Å². The molecule has 30 nitrogen and oxygen atoms in total. The molecule has 480 valence electrons. The number of nitrogens with one attached hydrogen (secondary N) is 1. The molecular weight excluding hydrogens is 1140 g/mol. The topological polar surface area (TPSA) is 410 Å². The lowest BCUT2D eigenvalue weighted by atomic mass is 9.97. The van der Waals surface area contributed by atoms with Crippen molar-refractivity contribution in [3.8, 4) is 0 Å². The molecular formula is C53H87N5O25S. The molecule has 4 aliphatic heterocycles. The van der Waals surface area contributed by atoms with E-state index >= 15 is 0 Å². The highest BCUT2D eigenvalue weighted by molar-refractivity contribution is 7.80. The van der Waals surface area contributed by atoms with Gasteiger partial charge in [-0.3, -0.25) is 43.0 Å². The SMILES string of the molecule is CCCCCCCCCCCCC[C@@H](CC(=O)O[C@H]1CN(C)[C@@H]([C@H](O[C@H]2O[C@@H](CN)[C@H](O)[C@@H]2O)[C@H]2O[C@@H](n3ccc(=O)[nH]c3=O)[C@H](OS(=O)(=O)O)[C@@H]2O)C(=O)N(C)[C@@H]1C(=O)O)OC(=O)C[C@H](C)CC(=O)O[C@@H]1O[C@@H](C)[C@H](OC)[C@@H](OC)[C@H]1OC. The number of H-pyrrole nitrogens is 1. The number of esters is 3. The molecule has 4 fully saturated rings. The normalized spacial score (nSPS) is 31.5. The van der Waals surface area contributed by atoms with Gasteiger partial charge < -0.3 is 78.4 Å². The first kappa shape index (κ1) is 70.2. The van der Waals surface area contributed by atoms with E-state index in [1.54, 1.807) is 13.8 Å². The summed E-state index contributed by atoms with van der Waals surface area (Å²) in [6.07, 6.45) is -12.9. The van der Waals surface area contributed by atoms with Crippen molar-refractivity contribution in [3.05, 3.63) is 33.1 Å². The lowest BCUT2D eigenvalue weighted by molar-refractivity contribution is -0.297. The number of carbonyl (C=O) groups excluding carboxylic acids is 4. The Labute approximate surface area is 487 Å². The van der Waals surface area contributed by atoms with Gasteiger partial charge in [0.05, 0.1) is 12.5 Å². The third kappa shape index (κ3) is 19.0. The van der Waals surface area contributed by atoms with Crippen molar-refractivity contribution in [2.45, 2.75) is 227 Å². The molecule has 1 amide bonds. The highest BCUT2D eigenvalue weighted by Crippen LogP contribution is 2.39. The predicted molar refractivity (Wildman–Crippen MR) is 290 cm³/mol. The van der Waals surface area contributed by atoms with Crippen LogP contribution in [0.1, 0.15) is 123 Å². The molecule has 0 saturated carbocycles. The van der Waals surface area contributed by atoms with Crippen LogP contribution in [0.4, 0.5) is 0 Å². The summed E-state index contributed by atoms with van der Waals surface area (Å²) in [5.74, 6) is -5.92. The molecule has 0 aliphatic carbocycles. The van der Waals surface area contributed by atoms with E-state index in [-0.39, 0.29) is 25.8 Å². The van der Waals surface area contributed by atoms with Gasteiger partial charge in [0.25, 0.3) is 5.56 Å². The second-order valence-electron chi connectivity index (χ2n) is 21.9. The van der Waals surface area contributed by atoms with Crippen LogP contribution in [0.25, 0.3) is 0 Å². The first-order chi connectivity index (χ1) is 39.8. The molecule has 1 aromatic rings. The van der Waals surface area contributed by atoms with Crippen LogP contribution < -0.4 is 17.0 Å². The standard InChI is InChI=1S/C53H87N5O25S/c1-9-10-11-12-13-14-15-16-17-18-19-20-30(77-34(60)23-28(2)24-35(61)80-52-47(75-8)46(74-7)42(73-6)29(3)76-52)25-36(62)78-32-27-56(4)38(48(66)57(5)37(32)50(67)68)43(82-51-40(64)39(63)31(26-54)79-51)44-41(65)45(83-84(70,71)72)49(81-44)58-22-21-33(59)55-53(58)69/h21-22,28-32,37-47,49,51-52,63-65H,9-20,23-27,54H2,1-8H3,(H,67,68)(H,55,59,69)(H,70,71,72)/t28-,29-,30-,31-,32-,37-,38-,39-,40-,41+,42-,43-,44-,45+,46+,47+,49+,51+,52-/m0/s1. The number of nitrogens with zero attached hydrogens (tertiary/aromatic N) is 3. The van der Waals surface area contributed by atoms with Gasteiger partial charge in [0.1, 0.15) is 73.2 Å². The van der Waals surface area contributed by atoms with Crippen LogP contribution in [0.2, 0.25) is 0 Å². The molecule has 1 aromatic heterocycles. The molecule has 19 atom stereocenters. The van der Waals surface area contributed by atoms with Gasteiger partial charge in [-0.2, -0.15) is 8.42 Å². The van der Waals surface area contributed by atoms with Crippen molar-refractivity contribution in [1.29, 1.82) is 0 Å². The number of aliphatic carboxylic acids is 1. The molecule has 5 rings (SSSR count). The number of aliphatic hydroxyl groups is 3. The number of unbranched alkanes of at least 4 members (excludes halogenated alkanes) is 10. The number of methoxy groups -OCH3 is 3. The van der Waals surface area contributed by atoms with Crippen LogP contribution in [0.3, 0.4) is 0 Å². The number of likely N-dealkylation sites (N-methyl/N-ethyl adjacent to an activating group) is 2. The molecule has 4 aliphatic rings. The number of carboxylic acid groups (broad SMARTS) is 1. The van der Waals surface area contributed by atoms with Crippen molar-refractivity contribution in [3.63, 3.8) is 0 Å². The van der Waals surface area contributed by atoms with E-state index in [4.69, 9.17) is 57.3 Å². The molecule has 0 bridgehead atoms. The second kappa shape index (κ2) is 33.0. The summed E-state index contributed by atoms with van der Waals surface area (Å²) in [7, 11) is 1.19. The van der Waals surface area contributed by atoms with Crippen molar-refractivity contribution in [2.75, 3.05) is 48.5 Å². The van der Waals surface area contributed by atoms with Crippen molar-refractivity contribution < 1.29 is 109 Å². The number of nitrogens with two attached hydrogens (primary N) is 1. The maximum Gasteiger partial charge on any atom is 0.397 e. The van der Waals surface area contributed by atoms with Crippen molar-refractivity contribution in [2.24, 2.45) is 11.7 Å². The minimum absolute atomic E-state index is 0.187. The Morgan fingerprint density at radius 1 is 0.774 bits per heavy atom. The van der Waals surface area contributed by atoms with Crippen molar-refractivity contribution in [1.82, 2.24) is 19.4 Å². The van der Waals surface area contributed by atoms with Gasteiger partial charge in [-0.1, -0.05) is 78.1 Å². The zero-order chi connectivity index (χ0) is 62.2. The zero-order valence-corrected chi connectivity index (χ0v) is 49.7. The van der Waals surface area contributed by atoms with Crippen LogP contribution >= 0.6 is 0 Å². The Morgan fingerprint density at radius 2 is 1.37 bits per heavy atom. The highest BCUT2D eigenvalue weighted by atomic mass is 32.3. The fourth-order valence-corrected chi connectivity index (χ4v) is 11.7. The van der Waals surface area contributed by atoms with Crippen LogP contribution in [0.5, 0.6) is 0 Å². The molecule has 0 aromatic carbocycles. The largest absolute Gasteiger partial charge is 0.480 e. The van der Waals surface area contributed by atoms with E-state index in [1.807, 2.05) is 4.98 Å². The van der Waals surface area contributed by atoms with Crippen LogP contribution in [0.15, 0.2) is 21.9 Å². The summed E-state index contributed by atoms with van der Waals surface area (Å²) in [6, 6.07) is -3.00. The minimum Gasteiger partial charge on any atom is -0.480 e. The number of aromatic amines is 1. The number of aromatic nitrogens is 2. The molecule has 4 saturated heterocycles. The lowest BCUT2D eigenvalue weighted by Gasteiger charge is -2.43. The summed E-state index contributed by atoms with van der Waals surface area (Å²) in [5.41, 5.74) is 3.63. The van der Waals surface area contributed by atoms with E-state index < -0.39 is 181 Å². The van der Waals surface area contributed by atoms with Crippen molar-refractivity contribution >= 4 is 40.2 Å². The number of carbonyl (C=O) groups is 5. The second-order valence-corrected chi connectivity index (χ2v) is 23.0. The lowest BCUT2D eigenvalue weighted by Crippen LogP contribution is -2.59. The number of aliphatic hydroxyl groups excluding tert-OH is 3. The molecule has 0 unspecified atom stereocenters. The third-order valence-corrected chi connectivity index (χ3v) is 16.0. The Morgan fingerprint density at radius 3 is 1.93 bits per heavy atom. The van der Waals surface area contributed by atoms with Crippen LogP contribution in [0, 0.1) is 5.92 Å². The smallest absolute Gasteiger partial charge is 0.397 e. The zero-order valence-electron chi connectivity index (χ0n) is 48.9. The number of rotatable bonds is 33. The summed E-state index contributed by atoms with van der Waals surface area (Å²) >= 11 is 0. The fraction of sp³-hybridized carbons (Fsp3) is 0.830. The maximum absolute atomic E-state index is 14.8. The van der Waals surface area contributed by atoms with E-state index in [1.165, 1.54) is 47.6 Å². The quantitative estimate of drug-likeness (QED) is 0.0205. The van der Waals surface area contributed by atoms with Gasteiger partial charge in [0.2, 0.25) is 12.2 Å². The van der Waals surface area contributed by atoms with E-state index in [0.717, 1.165) is 69.2 Å². The molecule has 84 heavy (non-hydrogen) atoms. The maximum atomic E-state index is 14.8. The van der Waals surface area contributed by atoms with Gasteiger partial charge in [-0.05, 0) is 32.7 Å². The average Bonchev–Trinajstić information content (AvgIpc) is 3.03. The number of carboxylic acids is 1. The monoisotopic (exact) mass is 1230 g/mol. The Hall–Kier alpha value is -4.58. The molecule has 0 radical (unpaired) electrons. The average molecular weight is 1230 g/mol. The first-order valence-electron chi connectivity index (χ1n) is 28.5. The Bertz CT molecular complexity index is 2520. The highest BCUT2D eigenvalue weighted by Gasteiger charge is 2.59. The predicted octanol–water partition coefficient (Wildman–Crippen LogP) is -0.337. The molecule has 5 heterocycles. The fourth-order valence-electron chi connectivity index (χ4n) is 11.3. The Balaban J connectivity index is 1.37. The van der Waals surface area contributed by atoms with E-state index in [2.05, 4.69) is 6.92 Å². The van der Waals surface area contributed by atoms with E-state index in [9.17, 15) is 67.0 Å². The van der Waals surface area contributed by atoms with Gasteiger partial charge in [0, 0.05) is 66.6 Å². The van der Waals surface area contributed by atoms with E-state index in [0.29, 0.717) is 15.9 Å². The molecule has 31 heteroatoms. The number of hydrogen-bond donors (Lipinski definition) is 7. The van der Waals surface area contributed by atoms with Gasteiger partial charge in [-0.15, -0.1) is 0 Å². The van der Waals surface area contributed by atoms with Crippen LogP contribution in [-0.4, -0.2) is 235 Å². The van der Waals surface area contributed by atoms with Gasteiger partial charge in [0.15, 0.2) is 24.7 Å². The minimum atomic E-state index is -5.49. The summed E-state index contributed by atoms with van der Waals surface area (Å²) in [6.45, 7) is 4.54. The Kier molecular flexibility index (Phi) is 27.5. The molecule has 8 N–H and O–H groups in total. The number of amides is 1. The first-order valence-corrected chi connectivity index (χ1v) is 29.9. The molecule has 0 spiro atoms. The summed E-state index contributed by atoms with van der Waals surface area (Å²) in [5, 5.41) is 44.4. The summed E-state index contributed by atoms with van der Waals surface area (Å²) in [4.78, 5) is 98.0. The number of hydrogen-bond acceptors (Lipinski definition) is 25. The third-order valence-electron chi connectivity index (χ3n) is 15.6. The van der Waals surface area contributed by atoms with Gasteiger partial charge in [-0.25, -0.2) is 13.8 Å². The van der Waals surface area contributed by atoms with Crippen LogP contribution in [-0.2, 0) is 85.9 Å². The summed E-state index contributed by atoms with van der Waals surface area (Å²) < 4.78 is 97.4. The number of ether oxygens (including phenoxy) is 10.